The fourth-order valence-corrected chi connectivity index (χ4v) is 3.01. The number of aryl methyl sites for hydroxylation is 2. The number of amides is 1. The van der Waals surface area contributed by atoms with Crippen LogP contribution >= 0.6 is 23.2 Å². The maximum Gasteiger partial charge on any atom is 0.254 e. The van der Waals surface area contributed by atoms with Crippen LogP contribution in [0.1, 0.15) is 24.1 Å². The van der Waals surface area contributed by atoms with Gasteiger partial charge < -0.3 is 10.6 Å². The summed E-state index contributed by atoms with van der Waals surface area (Å²) in [6.45, 7) is 3.00. The highest BCUT2D eigenvalue weighted by Crippen LogP contribution is 2.23. The Labute approximate surface area is 167 Å². The Morgan fingerprint density at radius 1 is 1.19 bits per heavy atom. The summed E-state index contributed by atoms with van der Waals surface area (Å²) in [5.74, 6) is 1.36. The Hall–Kier alpha value is -2.38. The van der Waals surface area contributed by atoms with E-state index >= 15 is 0 Å². The molecule has 142 valence electrons. The topological polar surface area (TPSA) is 84.2 Å². The van der Waals surface area contributed by atoms with E-state index in [2.05, 4.69) is 25.7 Å². The van der Waals surface area contributed by atoms with Crippen LogP contribution in [0.3, 0.4) is 0 Å². The van der Waals surface area contributed by atoms with Crippen molar-refractivity contribution in [2.45, 2.75) is 26.2 Å². The van der Waals surface area contributed by atoms with Gasteiger partial charge in [0, 0.05) is 31.3 Å². The predicted molar refractivity (Wildman–Crippen MR) is 106 cm³/mol. The quantitative estimate of drug-likeness (QED) is 0.560. The van der Waals surface area contributed by atoms with Crippen molar-refractivity contribution >= 4 is 40.7 Å². The second-order valence-electron chi connectivity index (χ2n) is 6.13. The summed E-state index contributed by atoms with van der Waals surface area (Å²) in [6, 6.07) is 7.43. The van der Waals surface area contributed by atoms with Gasteiger partial charge in [-0.2, -0.15) is 14.6 Å². The van der Waals surface area contributed by atoms with Gasteiger partial charge in [-0.05, 0) is 37.5 Å². The molecule has 2 aromatic heterocycles. The van der Waals surface area contributed by atoms with Crippen LogP contribution < -0.4 is 10.6 Å². The number of carbonyl (C=O) groups excluding carboxylic acids is 1. The van der Waals surface area contributed by atoms with Crippen LogP contribution in [0.25, 0.3) is 5.78 Å². The molecule has 3 aromatic rings. The van der Waals surface area contributed by atoms with Crippen molar-refractivity contribution < 1.29 is 4.79 Å². The first-order valence-electron chi connectivity index (χ1n) is 8.65. The lowest BCUT2D eigenvalue weighted by molar-refractivity contribution is -0.121. The first-order valence-corrected chi connectivity index (χ1v) is 9.40. The van der Waals surface area contributed by atoms with E-state index in [1.165, 1.54) is 6.33 Å². The highest BCUT2D eigenvalue weighted by Gasteiger charge is 2.06. The molecule has 0 bridgehead atoms. The number of nitrogens with one attached hydrogen (secondary N) is 2. The predicted octanol–water partition coefficient (Wildman–Crippen LogP) is 3.29. The number of fused-ring (bicyclic) bond motifs is 1. The first-order chi connectivity index (χ1) is 13.0. The van der Waals surface area contributed by atoms with Crippen LogP contribution in [0.4, 0.5) is 5.82 Å². The van der Waals surface area contributed by atoms with Crippen molar-refractivity contribution in [3.05, 3.63) is 51.9 Å². The normalized spacial score (nSPS) is 10.9. The van der Waals surface area contributed by atoms with Crippen LogP contribution in [0.15, 0.2) is 30.6 Å². The average molecular weight is 407 g/mol. The fourth-order valence-electron chi connectivity index (χ4n) is 2.69. The third-order valence-electron chi connectivity index (χ3n) is 3.99. The zero-order valence-electron chi connectivity index (χ0n) is 14.9. The molecule has 3 rings (SSSR count). The number of aromatic nitrogens is 4. The molecule has 0 spiro atoms. The Morgan fingerprint density at radius 3 is 2.85 bits per heavy atom. The van der Waals surface area contributed by atoms with Gasteiger partial charge in [-0.3, -0.25) is 4.79 Å². The molecule has 0 saturated heterocycles. The van der Waals surface area contributed by atoms with Gasteiger partial charge in [0.1, 0.15) is 12.1 Å². The van der Waals surface area contributed by atoms with Gasteiger partial charge in [0.25, 0.3) is 5.78 Å². The summed E-state index contributed by atoms with van der Waals surface area (Å²) < 4.78 is 1.63. The van der Waals surface area contributed by atoms with E-state index in [9.17, 15) is 4.79 Å². The number of nitrogens with zero attached hydrogens (tertiary/aromatic N) is 4. The SMILES string of the molecule is Cc1cc(NCCNC(=O)CCCc2ccc(Cl)c(Cl)c2)n2ncnc2n1. The first kappa shape index (κ1) is 19.4. The highest BCUT2D eigenvalue weighted by molar-refractivity contribution is 6.42. The minimum Gasteiger partial charge on any atom is -0.368 e. The van der Waals surface area contributed by atoms with E-state index in [4.69, 9.17) is 23.2 Å². The smallest absolute Gasteiger partial charge is 0.254 e. The molecule has 0 radical (unpaired) electrons. The van der Waals surface area contributed by atoms with Gasteiger partial charge in [-0.1, -0.05) is 29.3 Å². The lowest BCUT2D eigenvalue weighted by Crippen LogP contribution is -2.29. The molecule has 2 heterocycles. The number of halogens is 2. The Morgan fingerprint density at radius 2 is 2.04 bits per heavy atom. The van der Waals surface area contributed by atoms with Crippen molar-refractivity contribution in [1.82, 2.24) is 24.9 Å². The van der Waals surface area contributed by atoms with Crippen LogP contribution in [0, 0.1) is 6.92 Å². The maximum absolute atomic E-state index is 12.0. The van der Waals surface area contributed by atoms with Crippen molar-refractivity contribution in [3.63, 3.8) is 0 Å². The monoisotopic (exact) mass is 406 g/mol. The highest BCUT2D eigenvalue weighted by atomic mass is 35.5. The van der Waals surface area contributed by atoms with Crippen molar-refractivity contribution in [2.75, 3.05) is 18.4 Å². The van der Waals surface area contributed by atoms with Crippen LogP contribution in [-0.2, 0) is 11.2 Å². The Bertz CT molecular complexity index is 943. The molecule has 0 unspecified atom stereocenters. The third-order valence-corrected chi connectivity index (χ3v) is 4.73. The molecule has 27 heavy (non-hydrogen) atoms. The van der Waals surface area contributed by atoms with Gasteiger partial charge in [0.05, 0.1) is 10.0 Å². The number of benzene rings is 1. The summed E-state index contributed by atoms with van der Waals surface area (Å²) in [5.41, 5.74) is 1.92. The summed E-state index contributed by atoms with van der Waals surface area (Å²) >= 11 is 11.9. The lowest BCUT2D eigenvalue weighted by Gasteiger charge is -2.10. The van der Waals surface area contributed by atoms with Gasteiger partial charge in [0.2, 0.25) is 5.91 Å². The zero-order chi connectivity index (χ0) is 19.2. The standard InChI is InChI=1S/C18H20Cl2N6O/c1-12-9-16(26-18(25-12)23-11-24-26)21-7-8-22-17(27)4-2-3-13-5-6-14(19)15(20)10-13/h5-6,9-11,21H,2-4,7-8H2,1H3,(H,22,27). The molecule has 7 nitrogen and oxygen atoms in total. The molecule has 0 fully saturated rings. The summed E-state index contributed by atoms with van der Waals surface area (Å²) in [7, 11) is 0. The minimum absolute atomic E-state index is 0.0219. The van der Waals surface area contributed by atoms with E-state index in [-0.39, 0.29) is 5.91 Å². The lowest BCUT2D eigenvalue weighted by atomic mass is 10.1. The number of hydrogen-bond acceptors (Lipinski definition) is 5. The summed E-state index contributed by atoms with van der Waals surface area (Å²) in [6.07, 6.45) is 3.45. The van der Waals surface area contributed by atoms with Crippen molar-refractivity contribution in [3.8, 4) is 0 Å². The maximum atomic E-state index is 12.0. The number of rotatable bonds is 8. The van der Waals surface area contributed by atoms with Crippen LogP contribution in [-0.4, -0.2) is 38.6 Å². The number of carbonyl (C=O) groups is 1. The second kappa shape index (κ2) is 9.01. The second-order valence-corrected chi connectivity index (χ2v) is 6.95. The van der Waals surface area contributed by atoms with E-state index in [1.54, 1.807) is 10.6 Å². The third kappa shape index (κ3) is 5.30. The van der Waals surface area contributed by atoms with Gasteiger partial charge >= 0.3 is 0 Å². The molecule has 0 aliphatic carbocycles. The van der Waals surface area contributed by atoms with E-state index in [1.807, 2.05) is 25.1 Å². The zero-order valence-corrected chi connectivity index (χ0v) is 16.4. The molecule has 1 aromatic carbocycles. The van der Waals surface area contributed by atoms with E-state index in [0.717, 1.165) is 29.9 Å². The van der Waals surface area contributed by atoms with Crippen LogP contribution in [0.5, 0.6) is 0 Å². The van der Waals surface area contributed by atoms with Gasteiger partial charge in [-0.25, -0.2) is 4.98 Å². The van der Waals surface area contributed by atoms with E-state index in [0.29, 0.717) is 35.3 Å². The van der Waals surface area contributed by atoms with Crippen LogP contribution in [0.2, 0.25) is 10.0 Å². The molecule has 0 aliphatic heterocycles. The van der Waals surface area contributed by atoms with Gasteiger partial charge in [0.15, 0.2) is 0 Å². The fraction of sp³-hybridized carbons (Fsp3) is 0.333. The molecule has 0 aliphatic rings. The molecule has 0 atom stereocenters. The molecule has 9 heteroatoms. The van der Waals surface area contributed by atoms with Crippen molar-refractivity contribution in [1.29, 1.82) is 0 Å². The summed E-state index contributed by atoms with van der Waals surface area (Å²) in [5, 5.41) is 11.4. The largest absolute Gasteiger partial charge is 0.368 e. The number of hydrogen-bond donors (Lipinski definition) is 2. The molecular weight excluding hydrogens is 387 g/mol. The van der Waals surface area contributed by atoms with Crippen molar-refractivity contribution in [2.24, 2.45) is 0 Å². The Kier molecular flexibility index (Phi) is 6.47. The molecule has 2 N–H and O–H groups in total. The minimum atomic E-state index is 0.0219. The average Bonchev–Trinajstić information content (AvgIpc) is 3.10. The molecule has 1 amide bonds. The van der Waals surface area contributed by atoms with Gasteiger partial charge in [-0.15, -0.1) is 0 Å². The molecule has 0 saturated carbocycles. The number of anilines is 1. The summed E-state index contributed by atoms with van der Waals surface area (Å²) in [4.78, 5) is 20.3. The Balaban J connectivity index is 1.38. The van der Waals surface area contributed by atoms with E-state index < -0.39 is 0 Å². The molecular formula is C18H20Cl2N6O.